The summed E-state index contributed by atoms with van der Waals surface area (Å²) in [5.74, 6) is 0.942. The van der Waals surface area contributed by atoms with E-state index < -0.39 is 0 Å². The fourth-order valence-electron chi connectivity index (χ4n) is 5.50. The molecule has 0 N–H and O–H groups in total. The van der Waals surface area contributed by atoms with Crippen LogP contribution in [0.5, 0.6) is 0 Å². The highest BCUT2D eigenvalue weighted by molar-refractivity contribution is 6.44. The van der Waals surface area contributed by atoms with Gasteiger partial charge in [0.05, 0.1) is 0 Å². The second-order valence-electron chi connectivity index (χ2n) is 11.1. The summed E-state index contributed by atoms with van der Waals surface area (Å²) in [6.45, 7) is 7.12. The molecule has 5 heteroatoms. The summed E-state index contributed by atoms with van der Waals surface area (Å²) >= 11 is 0. The number of allylic oxidation sites excluding steroid dienone is 4. The van der Waals surface area contributed by atoms with Gasteiger partial charge >= 0.3 is 0 Å². The van der Waals surface area contributed by atoms with Gasteiger partial charge in [0.2, 0.25) is 0 Å². The van der Waals surface area contributed by atoms with Crippen molar-refractivity contribution in [1.82, 2.24) is 9.80 Å². The Bertz CT molecular complexity index is 1140. The first-order chi connectivity index (χ1) is 16.8. The third kappa shape index (κ3) is 4.74. The van der Waals surface area contributed by atoms with Gasteiger partial charge in [0.1, 0.15) is 17.3 Å². The summed E-state index contributed by atoms with van der Waals surface area (Å²) in [6, 6.07) is 5.94. The quantitative estimate of drug-likeness (QED) is 0.469. The van der Waals surface area contributed by atoms with Crippen molar-refractivity contribution in [3.63, 3.8) is 0 Å². The summed E-state index contributed by atoms with van der Waals surface area (Å²) < 4.78 is 15.5. The smallest absolute Gasteiger partial charge is 0.272 e. The molecule has 3 fully saturated rings. The standard InChI is InChI=1S/C30H38FN3O/c1-5-21(23-11-9-12-24(28(23)31)22-13-14-22)18-27-32-25(19-26(33(27)4)30(3)15-16-30)29(35)34-17-8-6-7-10-20(34)2/h5,9,11-12,18-20,22H,6-8,10,13-17H2,1-4H3/b21-5+,27-18-. The summed E-state index contributed by atoms with van der Waals surface area (Å²) in [5.41, 5.74) is 3.93. The minimum atomic E-state index is -0.123. The van der Waals surface area contributed by atoms with E-state index in [-0.39, 0.29) is 23.2 Å². The molecule has 1 atom stereocenters. The number of hydrogen-bond donors (Lipinski definition) is 0. The first kappa shape index (κ1) is 24.0. The molecule has 35 heavy (non-hydrogen) atoms. The van der Waals surface area contributed by atoms with Crippen LogP contribution in [-0.4, -0.2) is 41.1 Å². The maximum Gasteiger partial charge on any atom is 0.272 e. The molecule has 5 rings (SSSR count). The Morgan fingerprint density at radius 3 is 2.63 bits per heavy atom. The number of benzene rings is 1. The molecule has 1 amide bonds. The monoisotopic (exact) mass is 475 g/mol. The Morgan fingerprint density at radius 2 is 1.94 bits per heavy atom. The van der Waals surface area contributed by atoms with Gasteiger partial charge in [-0.3, -0.25) is 4.79 Å². The van der Waals surface area contributed by atoms with E-state index in [4.69, 9.17) is 4.99 Å². The third-order valence-corrected chi connectivity index (χ3v) is 8.32. The molecule has 186 valence electrons. The number of amides is 1. The molecule has 2 heterocycles. The Labute approximate surface area is 209 Å². The Kier molecular flexibility index (Phi) is 6.45. The van der Waals surface area contributed by atoms with Crippen LogP contribution in [0.15, 0.2) is 52.9 Å². The van der Waals surface area contributed by atoms with Crippen LogP contribution in [0.4, 0.5) is 4.39 Å². The van der Waals surface area contributed by atoms with Crippen LogP contribution < -0.4 is 0 Å². The molecule has 2 aliphatic carbocycles. The SMILES string of the molecule is C/C=C(\C=C1\N=C(C(=O)N2CCCCCC2C)C=C(C2(C)CC2)N1C)c1cccc(C2CC2)c1F. The van der Waals surface area contributed by atoms with Crippen LogP contribution in [0.25, 0.3) is 5.57 Å². The average Bonchev–Trinajstić information content (AvgIpc) is 3.76. The predicted molar refractivity (Wildman–Crippen MR) is 140 cm³/mol. The maximum atomic E-state index is 15.5. The first-order valence-corrected chi connectivity index (χ1v) is 13.3. The van der Waals surface area contributed by atoms with Crippen LogP contribution in [0.1, 0.15) is 89.2 Å². The highest BCUT2D eigenvalue weighted by Crippen LogP contribution is 2.53. The number of halogens is 1. The molecule has 1 unspecified atom stereocenters. The van der Waals surface area contributed by atoms with Gasteiger partial charge in [-0.25, -0.2) is 9.38 Å². The average molecular weight is 476 g/mol. The zero-order valence-electron chi connectivity index (χ0n) is 21.6. The zero-order valence-corrected chi connectivity index (χ0v) is 21.6. The van der Waals surface area contributed by atoms with Crippen LogP contribution in [0.3, 0.4) is 0 Å². The number of aliphatic imine (C=N–C) groups is 1. The summed E-state index contributed by atoms with van der Waals surface area (Å²) in [5, 5.41) is 0. The second kappa shape index (κ2) is 9.40. The molecule has 2 saturated carbocycles. The highest BCUT2D eigenvalue weighted by Gasteiger charge is 2.45. The van der Waals surface area contributed by atoms with Crippen molar-refractivity contribution in [3.8, 4) is 0 Å². The van der Waals surface area contributed by atoms with Crippen molar-refractivity contribution >= 4 is 17.2 Å². The molecule has 4 aliphatic rings. The van der Waals surface area contributed by atoms with E-state index in [1.54, 1.807) is 0 Å². The molecule has 0 aromatic heterocycles. The van der Waals surface area contributed by atoms with E-state index in [9.17, 15) is 4.79 Å². The lowest BCUT2D eigenvalue weighted by Crippen LogP contribution is -2.43. The highest BCUT2D eigenvalue weighted by atomic mass is 19.1. The molecule has 0 spiro atoms. The topological polar surface area (TPSA) is 35.9 Å². The third-order valence-electron chi connectivity index (χ3n) is 8.32. The van der Waals surface area contributed by atoms with Gasteiger partial charge in [-0.2, -0.15) is 0 Å². The molecule has 4 nitrogen and oxygen atoms in total. The molecular formula is C30H38FN3O. The van der Waals surface area contributed by atoms with Gasteiger partial charge in [-0.05, 0) is 81.6 Å². The minimum absolute atomic E-state index is 0.0177. The van der Waals surface area contributed by atoms with E-state index in [0.717, 1.165) is 61.9 Å². The van der Waals surface area contributed by atoms with Crippen LogP contribution >= 0.6 is 0 Å². The van der Waals surface area contributed by atoms with E-state index in [1.807, 2.05) is 55.3 Å². The summed E-state index contributed by atoms with van der Waals surface area (Å²) in [6.07, 6.45) is 14.7. The van der Waals surface area contributed by atoms with Gasteiger partial charge in [0, 0.05) is 36.3 Å². The maximum absolute atomic E-state index is 15.5. The second-order valence-corrected chi connectivity index (χ2v) is 11.1. The van der Waals surface area contributed by atoms with Crippen molar-refractivity contribution in [3.05, 3.63) is 64.9 Å². The van der Waals surface area contributed by atoms with Gasteiger partial charge in [0.15, 0.2) is 0 Å². The predicted octanol–water partition coefficient (Wildman–Crippen LogP) is 6.81. The minimum Gasteiger partial charge on any atom is -0.335 e. The van der Waals surface area contributed by atoms with E-state index in [0.29, 0.717) is 23.0 Å². The summed E-state index contributed by atoms with van der Waals surface area (Å²) in [7, 11) is 2.02. The lowest BCUT2D eigenvalue weighted by atomic mass is 9.98. The number of carbonyl (C=O) groups is 1. The fourth-order valence-corrected chi connectivity index (χ4v) is 5.50. The van der Waals surface area contributed by atoms with Gasteiger partial charge in [0.25, 0.3) is 5.91 Å². The van der Waals surface area contributed by atoms with Crippen molar-refractivity contribution in [1.29, 1.82) is 0 Å². The molecular weight excluding hydrogens is 437 g/mol. The molecule has 1 aromatic carbocycles. The zero-order chi connectivity index (χ0) is 24.7. The Balaban J connectivity index is 1.53. The fraction of sp³-hybridized carbons (Fsp3) is 0.533. The molecule has 1 saturated heterocycles. The Hall–Kier alpha value is -2.69. The van der Waals surface area contributed by atoms with Crippen molar-refractivity contribution in [2.45, 2.75) is 84.1 Å². The number of carbonyl (C=O) groups excluding carboxylic acids is 1. The van der Waals surface area contributed by atoms with Crippen molar-refractivity contribution in [2.24, 2.45) is 10.4 Å². The number of hydrogen-bond acceptors (Lipinski definition) is 3. The van der Waals surface area contributed by atoms with Crippen LogP contribution in [0.2, 0.25) is 0 Å². The summed E-state index contributed by atoms with van der Waals surface area (Å²) in [4.78, 5) is 22.7. The van der Waals surface area contributed by atoms with Crippen molar-refractivity contribution < 1.29 is 9.18 Å². The Morgan fingerprint density at radius 1 is 1.17 bits per heavy atom. The van der Waals surface area contributed by atoms with E-state index in [2.05, 4.69) is 18.7 Å². The van der Waals surface area contributed by atoms with E-state index >= 15 is 4.39 Å². The van der Waals surface area contributed by atoms with E-state index in [1.165, 1.54) is 12.8 Å². The largest absolute Gasteiger partial charge is 0.335 e. The lowest BCUT2D eigenvalue weighted by Gasteiger charge is -2.33. The van der Waals surface area contributed by atoms with Crippen LogP contribution in [-0.2, 0) is 4.79 Å². The van der Waals surface area contributed by atoms with Gasteiger partial charge in [-0.15, -0.1) is 0 Å². The normalized spacial score (nSPS) is 25.8. The first-order valence-electron chi connectivity index (χ1n) is 13.3. The van der Waals surface area contributed by atoms with Gasteiger partial charge in [-0.1, -0.05) is 44.0 Å². The van der Waals surface area contributed by atoms with Gasteiger partial charge < -0.3 is 9.80 Å². The molecule has 1 aromatic rings. The molecule has 2 aliphatic heterocycles. The van der Waals surface area contributed by atoms with Crippen molar-refractivity contribution in [2.75, 3.05) is 13.6 Å². The number of rotatable bonds is 5. The molecule has 0 bridgehead atoms. The number of nitrogens with zero attached hydrogens (tertiary/aromatic N) is 3. The van der Waals surface area contributed by atoms with Crippen LogP contribution in [0, 0.1) is 11.2 Å². The lowest BCUT2D eigenvalue weighted by molar-refractivity contribution is -0.125. The number of likely N-dealkylation sites (tertiary alicyclic amines) is 1. The molecule has 0 radical (unpaired) electrons.